The molecule has 0 aliphatic heterocycles. The van der Waals surface area contributed by atoms with Crippen molar-refractivity contribution in [3.8, 4) is 0 Å². The highest BCUT2D eigenvalue weighted by molar-refractivity contribution is 5.92. The second-order valence-electron chi connectivity index (χ2n) is 5.63. The lowest BCUT2D eigenvalue weighted by Gasteiger charge is -2.28. The number of hydrogen-bond acceptors (Lipinski definition) is 3. The number of rotatable bonds is 5. The Morgan fingerprint density at radius 2 is 2.05 bits per heavy atom. The van der Waals surface area contributed by atoms with E-state index in [1.807, 2.05) is 0 Å². The maximum absolute atomic E-state index is 13.4. The molecule has 0 aromatic heterocycles. The molecule has 2 N–H and O–H groups in total. The fourth-order valence-electron chi connectivity index (χ4n) is 2.75. The van der Waals surface area contributed by atoms with E-state index in [1.54, 1.807) is 24.1 Å². The smallest absolute Gasteiger partial charge is 0.238 e. The molecule has 5 heteroatoms. The fraction of sp³-hybridized carbons (Fsp3) is 0.533. The van der Waals surface area contributed by atoms with Crippen LogP contribution in [0, 0.1) is 5.82 Å². The molecule has 0 saturated heterocycles. The number of para-hydroxylation sites is 1. The molecule has 1 aromatic carbocycles. The van der Waals surface area contributed by atoms with E-state index >= 15 is 0 Å². The van der Waals surface area contributed by atoms with E-state index in [-0.39, 0.29) is 18.1 Å². The highest BCUT2D eigenvalue weighted by Gasteiger charge is 2.32. The van der Waals surface area contributed by atoms with Gasteiger partial charge >= 0.3 is 0 Å². The number of carbonyl (C=O) groups is 1. The number of aliphatic hydroxyl groups is 1. The Hall–Kier alpha value is -1.46. The monoisotopic (exact) mass is 280 g/mol. The van der Waals surface area contributed by atoms with Gasteiger partial charge in [0.2, 0.25) is 5.91 Å². The Balaban J connectivity index is 1.83. The van der Waals surface area contributed by atoms with Crippen LogP contribution in [-0.4, -0.2) is 41.7 Å². The molecular weight excluding hydrogens is 259 g/mol. The van der Waals surface area contributed by atoms with Crippen LogP contribution < -0.4 is 5.32 Å². The number of likely N-dealkylation sites (N-methyl/N-ethyl adjacent to an activating group) is 1. The van der Waals surface area contributed by atoms with Crippen LogP contribution in [0.1, 0.15) is 25.7 Å². The zero-order valence-electron chi connectivity index (χ0n) is 11.7. The van der Waals surface area contributed by atoms with E-state index in [1.165, 1.54) is 12.1 Å². The average molecular weight is 280 g/mol. The lowest BCUT2D eigenvalue weighted by Crippen LogP contribution is -2.42. The van der Waals surface area contributed by atoms with Crippen molar-refractivity contribution in [1.29, 1.82) is 0 Å². The highest BCUT2D eigenvalue weighted by atomic mass is 19.1. The first-order valence-corrected chi connectivity index (χ1v) is 6.94. The van der Waals surface area contributed by atoms with Crippen molar-refractivity contribution in [2.45, 2.75) is 31.3 Å². The summed E-state index contributed by atoms with van der Waals surface area (Å²) in [4.78, 5) is 13.6. The van der Waals surface area contributed by atoms with Crippen LogP contribution in [0.3, 0.4) is 0 Å². The molecule has 0 heterocycles. The lowest BCUT2D eigenvalue weighted by molar-refractivity contribution is -0.117. The van der Waals surface area contributed by atoms with Gasteiger partial charge in [0.25, 0.3) is 0 Å². The molecule has 2 rings (SSSR count). The minimum atomic E-state index is -0.674. The molecular formula is C15H21FN2O2. The van der Waals surface area contributed by atoms with Gasteiger partial charge in [-0.05, 0) is 32.0 Å². The van der Waals surface area contributed by atoms with Gasteiger partial charge in [-0.1, -0.05) is 25.0 Å². The molecule has 0 unspecified atom stereocenters. The molecule has 1 amide bonds. The minimum absolute atomic E-state index is 0.136. The minimum Gasteiger partial charge on any atom is -0.389 e. The Labute approximate surface area is 118 Å². The molecule has 0 spiro atoms. The topological polar surface area (TPSA) is 52.6 Å². The summed E-state index contributed by atoms with van der Waals surface area (Å²) in [5, 5.41) is 12.8. The molecule has 0 atom stereocenters. The van der Waals surface area contributed by atoms with Gasteiger partial charge in [0.15, 0.2) is 0 Å². The van der Waals surface area contributed by atoms with E-state index < -0.39 is 11.4 Å². The van der Waals surface area contributed by atoms with Crippen molar-refractivity contribution in [3.63, 3.8) is 0 Å². The maximum Gasteiger partial charge on any atom is 0.238 e. The van der Waals surface area contributed by atoms with Gasteiger partial charge < -0.3 is 10.4 Å². The number of benzene rings is 1. The summed E-state index contributed by atoms with van der Waals surface area (Å²) in [5.74, 6) is -0.725. The third-order valence-electron chi connectivity index (χ3n) is 3.66. The number of nitrogens with zero attached hydrogens (tertiary/aromatic N) is 1. The Morgan fingerprint density at radius 3 is 2.70 bits per heavy atom. The SMILES string of the molecule is CN(CC(=O)Nc1ccccc1F)CC1(O)CCCC1. The van der Waals surface area contributed by atoms with E-state index in [0.29, 0.717) is 6.54 Å². The third-order valence-corrected chi connectivity index (χ3v) is 3.66. The fourth-order valence-corrected chi connectivity index (χ4v) is 2.75. The summed E-state index contributed by atoms with van der Waals surface area (Å²) in [7, 11) is 1.79. The number of nitrogens with one attached hydrogen (secondary N) is 1. The van der Waals surface area contributed by atoms with E-state index in [2.05, 4.69) is 5.32 Å². The third kappa shape index (κ3) is 4.02. The number of hydrogen-bond donors (Lipinski definition) is 2. The van der Waals surface area contributed by atoms with Crippen LogP contribution in [0.25, 0.3) is 0 Å². The van der Waals surface area contributed by atoms with Crippen molar-refractivity contribution in [2.24, 2.45) is 0 Å². The number of amides is 1. The van der Waals surface area contributed by atoms with E-state index in [4.69, 9.17) is 0 Å². The molecule has 1 aliphatic carbocycles. The number of carbonyl (C=O) groups excluding carboxylic acids is 1. The molecule has 1 aromatic rings. The first kappa shape index (κ1) is 14.9. The number of anilines is 1. The maximum atomic E-state index is 13.4. The van der Waals surface area contributed by atoms with Gasteiger partial charge in [-0.25, -0.2) is 4.39 Å². The second kappa shape index (κ2) is 6.33. The molecule has 20 heavy (non-hydrogen) atoms. The van der Waals surface area contributed by atoms with Crippen molar-refractivity contribution < 1.29 is 14.3 Å². The van der Waals surface area contributed by atoms with Crippen LogP contribution >= 0.6 is 0 Å². The summed E-state index contributed by atoms with van der Waals surface area (Å²) in [6.45, 7) is 0.605. The van der Waals surface area contributed by atoms with Crippen LogP contribution in [0.4, 0.5) is 10.1 Å². The van der Waals surface area contributed by atoms with E-state index in [9.17, 15) is 14.3 Å². The summed E-state index contributed by atoms with van der Waals surface area (Å²) < 4.78 is 13.4. The zero-order chi connectivity index (χ0) is 14.6. The summed E-state index contributed by atoms with van der Waals surface area (Å²) in [6.07, 6.45) is 3.63. The standard InChI is InChI=1S/C15H21FN2O2/c1-18(11-15(20)8-4-5-9-15)10-14(19)17-13-7-3-2-6-12(13)16/h2-3,6-7,20H,4-5,8-11H2,1H3,(H,17,19). The van der Waals surface area contributed by atoms with Crippen molar-refractivity contribution in [2.75, 3.05) is 25.5 Å². The van der Waals surface area contributed by atoms with Crippen LogP contribution in [0.2, 0.25) is 0 Å². The van der Waals surface area contributed by atoms with Gasteiger partial charge in [-0.2, -0.15) is 0 Å². The van der Waals surface area contributed by atoms with Crippen LogP contribution in [0.5, 0.6) is 0 Å². The molecule has 110 valence electrons. The lowest BCUT2D eigenvalue weighted by atomic mass is 10.0. The average Bonchev–Trinajstić information content (AvgIpc) is 2.78. The van der Waals surface area contributed by atoms with Crippen LogP contribution in [-0.2, 0) is 4.79 Å². The molecule has 4 nitrogen and oxygen atoms in total. The predicted octanol–water partition coefficient (Wildman–Crippen LogP) is 2.00. The predicted molar refractivity (Wildman–Crippen MR) is 75.9 cm³/mol. The highest BCUT2D eigenvalue weighted by Crippen LogP contribution is 2.29. The van der Waals surface area contributed by atoms with E-state index in [0.717, 1.165) is 25.7 Å². The second-order valence-corrected chi connectivity index (χ2v) is 5.63. The summed E-state index contributed by atoms with van der Waals surface area (Å²) in [6, 6.07) is 6.08. The molecule has 1 fully saturated rings. The van der Waals surface area contributed by atoms with Gasteiger partial charge in [0.1, 0.15) is 5.82 Å². The van der Waals surface area contributed by atoms with Gasteiger partial charge in [-0.3, -0.25) is 9.69 Å². The number of halogens is 1. The van der Waals surface area contributed by atoms with Crippen molar-refractivity contribution >= 4 is 11.6 Å². The normalized spacial score (nSPS) is 17.4. The van der Waals surface area contributed by atoms with Crippen molar-refractivity contribution in [3.05, 3.63) is 30.1 Å². The molecule has 0 radical (unpaired) electrons. The summed E-state index contributed by atoms with van der Waals surface area (Å²) in [5.41, 5.74) is -0.488. The van der Waals surface area contributed by atoms with Crippen LogP contribution in [0.15, 0.2) is 24.3 Å². The zero-order valence-corrected chi connectivity index (χ0v) is 11.7. The van der Waals surface area contributed by atoms with Crippen molar-refractivity contribution in [1.82, 2.24) is 4.90 Å². The molecule has 1 saturated carbocycles. The first-order valence-electron chi connectivity index (χ1n) is 6.94. The van der Waals surface area contributed by atoms with Gasteiger partial charge in [0.05, 0.1) is 17.8 Å². The quantitative estimate of drug-likeness (QED) is 0.867. The summed E-state index contributed by atoms with van der Waals surface area (Å²) >= 11 is 0. The van der Waals surface area contributed by atoms with Gasteiger partial charge in [-0.15, -0.1) is 0 Å². The first-order chi connectivity index (χ1) is 9.48. The largest absolute Gasteiger partial charge is 0.389 e. The molecule has 1 aliphatic rings. The van der Waals surface area contributed by atoms with Gasteiger partial charge in [0, 0.05) is 6.54 Å². The Morgan fingerprint density at radius 1 is 1.40 bits per heavy atom. The Kier molecular flexibility index (Phi) is 4.73. The Bertz CT molecular complexity index is 473. The molecule has 0 bridgehead atoms.